The molecule has 0 aliphatic rings. The molecule has 0 aliphatic carbocycles. The van der Waals surface area contributed by atoms with Gasteiger partial charge in [0.25, 0.3) is 5.91 Å². The molecule has 1 aromatic carbocycles. The van der Waals surface area contributed by atoms with Crippen molar-refractivity contribution in [3.63, 3.8) is 0 Å². The van der Waals surface area contributed by atoms with Gasteiger partial charge in [-0.2, -0.15) is 0 Å². The van der Waals surface area contributed by atoms with E-state index in [1.807, 2.05) is 13.0 Å². The lowest BCUT2D eigenvalue weighted by Crippen LogP contribution is -2.14. The molecule has 4 nitrogen and oxygen atoms in total. The highest BCUT2D eigenvalue weighted by Crippen LogP contribution is 2.27. The second kappa shape index (κ2) is 5.86. The third kappa shape index (κ3) is 3.05. The van der Waals surface area contributed by atoms with Crippen molar-refractivity contribution in [1.82, 2.24) is 9.97 Å². The summed E-state index contributed by atoms with van der Waals surface area (Å²) in [6.07, 6.45) is 1.23. The van der Waals surface area contributed by atoms with Gasteiger partial charge in [-0.3, -0.25) is 4.79 Å². The van der Waals surface area contributed by atoms with Gasteiger partial charge >= 0.3 is 0 Å². The van der Waals surface area contributed by atoms with Crippen LogP contribution in [0, 0.1) is 6.92 Å². The minimum atomic E-state index is -0.322. The standard InChI is InChI=1S/C12H8BrCl2N3O/c1-6-7(3-2-4-8(6)13)12(19)18-9-10(14)16-5-17-11(9)15/h2-5H,1H3,(H,18,19). The molecule has 0 aliphatic heterocycles. The molecule has 0 unspecified atom stereocenters. The van der Waals surface area contributed by atoms with E-state index in [0.717, 1.165) is 10.0 Å². The van der Waals surface area contributed by atoms with Gasteiger partial charge in [0, 0.05) is 10.0 Å². The average molecular weight is 361 g/mol. The maximum atomic E-state index is 12.2. The Kier molecular flexibility index (Phi) is 4.39. The number of anilines is 1. The molecule has 0 fully saturated rings. The number of hydrogen-bond donors (Lipinski definition) is 1. The molecule has 0 bridgehead atoms. The normalized spacial score (nSPS) is 10.3. The molecule has 1 heterocycles. The predicted molar refractivity (Wildman–Crippen MR) is 78.9 cm³/mol. The lowest BCUT2D eigenvalue weighted by Gasteiger charge is -2.10. The first-order valence-corrected chi connectivity index (χ1v) is 6.78. The fourth-order valence-electron chi connectivity index (χ4n) is 1.48. The Bertz CT molecular complexity index is 629. The van der Waals surface area contributed by atoms with Gasteiger partial charge in [-0.1, -0.05) is 45.2 Å². The molecule has 7 heteroatoms. The zero-order valence-corrected chi connectivity index (χ0v) is 12.8. The first-order chi connectivity index (χ1) is 9.00. The highest BCUT2D eigenvalue weighted by atomic mass is 79.9. The van der Waals surface area contributed by atoms with Crippen LogP contribution in [0.15, 0.2) is 29.0 Å². The van der Waals surface area contributed by atoms with Crippen LogP contribution in [0.3, 0.4) is 0 Å². The van der Waals surface area contributed by atoms with E-state index in [2.05, 4.69) is 31.2 Å². The van der Waals surface area contributed by atoms with Crippen LogP contribution >= 0.6 is 39.1 Å². The molecule has 0 saturated heterocycles. The minimum absolute atomic E-state index is 0.0981. The summed E-state index contributed by atoms with van der Waals surface area (Å²) in [5.41, 5.74) is 1.55. The summed E-state index contributed by atoms with van der Waals surface area (Å²) in [7, 11) is 0. The Labute approximate surface area is 128 Å². The van der Waals surface area contributed by atoms with Crippen molar-refractivity contribution in [2.24, 2.45) is 0 Å². The quantitative estimate of drug-likeness (QED) is 0.820. The van der Waals surface area contributed by atoms with Crippen molar-refractivity contribution in [3.05, 3.63) is 50.4 Å². The van der Waals surface area contributed by atoms with Crippen molar-refractivity contribution in [2.45, 2.75) is 6.92 Å². The average Bonchev–Trinajstić information content (AvgIpc) is 2.37. The maximum Gasteiger partial charge on any atom is 0.256 e. The molecule has 1 aromatic heterocycles. The van der Waals surface area contributed by atoms with Gasteiger partial charge in [0.1, 0.15) is 12.0 Å². The van der Waals surface area contributed by atoms with Gasteiger partial charge in [0.2, 0.25) is 0 Å². The Morgan fingerprint density at radius 2 is 1.89 bits per heavy atom. The number of nitrogens with one attached hydrogen (secondary N) is 1. The van der Waals surface area contributed by atoms with Crippen molar-refractivity contribution < 1.29 is 4.79 Å². The summed E-state index contributed by atoms with van der Waals surface area (Å²) in [4.78, 5) is 19.7. The van der Waals surface area contributed by atoms with E-state index in [4.69, 9.17) is 23.2 Å². The van der Waals surface area contributed by atoms with Crippen LogP contribution in [0.4, 0.5) is 5.69 Å². The summed E-state index contributed by atoms with van der Waals surface area (Å²) in [6, 6.07) is 5.34. The molecule has 1 amide bonds. The fraction of sp³-hybridized carbons (Fsp3) is 0.0833. The van der Waals surface area contributed by atoms with Crippen molar-refractivity contribution in [1.29, 1.82) is 0 Å². The maximum absolute atomic E-state index is 12.2. The van der Waals surface area contributed by atoms with E-state index in [-0.39, 0.29) is 21.9 Å². The Balaban J connectivity index is 2.34. The largest absolute Gasteiger partial charge is 0.317 e. The minimum Gasteiger partial charge on any atom is -0.317 e. The zero-order valence-electron chi connectivity index (χ0n) is 9.75. The number of rotatable bonds is 2. The molecule has 2 aromatic rings. The van der Waals surface area contributed by atoms with Gasteiger partial charge in [-0.25, -0.2) is 9.97 Å². The van der Waals surface area contributed by atoms with Gasteiger partial charge in [0.15, 0.2) is 10.3 Å². The molecule has 0 saturated carbocycles. The second-order valence-corrected chi connectivity index (χ2v) is 5.27. The molecule has 2 rings (SSSR count). The fourth-order valence-corrected chi connectivity index (χ4v) is 2.26. The first kappa shape index (κ1) is 14.2. The molecule has 98 valence electrons. The molecule has 19 heavy (non-hydrogen) atoms. The SMILES string of the molecule is Cc1c(Br)cccc1C(=O)Nc1c(Cl)ncnc1Cl. The summed E-state index contributed by atoms with van der Waals surface area (Å²) in [6.45, 7) is 1.84. The summed E-state index contributed by atoms with van der Waals surface area (Å²) in [5.74, 6) is -0.322. The lowest BCUT2D eigenvalue weighted by molar-refractivity contribution is 0.102. The van der Waals surface area contributed by atoms with Crippen LogP contribution < -0.4 is 5.32 Å². The number of nitrogens with zero attached hydrogens (tertiary/aromatic N) is 2. The third-order valence-corrected chi connectivity index (χ3v) is 3.94. The number of halogens is 3. The molecule has 0 radical (unpaired) electrons. The van der Waals surface area contributed by atoms with Crippen molar-refractivity contribution in [2.75, 3.05) is 5.32 Å². The second-order valence-electron chi connectivity index (χ2n) is 3.70. The smallest absolute Gasteiger partial charge is 0.256 e. The molecular weight excluding hydrogens is 353 g/mol. The number of amides is 1. The van der Waals surface area contributed by atoms with E-state index in [0.29, 0.717) is 5.56 Å². The zero-order chi connectivity index (χ0) is 14.0. The van der Waals surface area contributed by atoms with E-state index in [1.165, 1.54) is 6.33 Å². The number of carbonyl (C=O) groups excluding carboxylic acids is 1. The van der Waals surface area contributed by atoms with Crippen LogP contribution in [0.1, 0.15) is 15.9 Å². The Morgan fingerprint density at radius 3 is 2.53 bits per heavy atom. The number of carbonyl (C=O) groups is 1. The van der Waals surface area contributed by atoms with E-state index >= 15 is 0 Å². The molecule has 1 N–H and O–H groups in total. The van der Waals surface area contributed by atoms with Gasteiger partial charge < -0.3 is 5.32 Å². The van der Waals surface area contributed by atoms with Crippen LogP contribution in [-0.4, -0.2) is 15.9 Å². The van der Waals surface area contributed by atoms with Crippen molar-refractivity contribution in [3.8, 4) is 0 Å². The van der Waals surface area contributed by atoms with Crippen LogP contribution in [0.25, 0.3) is 0 Å². The highest BCUT2D eigenvalue weighted by molar-refractivity contribution is 9.10. The monoisotopic (exact) mass is 359 g/mol. The van der Waals surface area contributed by atoms with Gasteiger partial charge in [-0.05, 0) is 24.6 Å². The van der Waals surface area contributed by atoms with E-state index < -0.39 is 0 Å². The van der Waals surface area contributed by atoms with E-state index in [9.17, 15) is 4.79 Å². The summed E-state index contributed by atoms with van der Waals surface area (Å²) >= 11 is 15.1. The molecular formula is C12H8BrCl2N3O. The first-order valence-electron chi connectivity index (χ1n) is 5.23. The third-order valence-electron chi connectivity index (χ3n) is 2.51. The molecule has 0 atom stereocenters. The van der Waals surface area contributed by atoms with Gasteiger partial charge in [0.05, 0.1) is 0 Å². The highest BCUT2D eigenvalue weighted by Gasteiger charge is 2.15. The van der Waals surface area contributed by atoms with Crippen molar-refractivity contribution >= 4 is 50.7 Å². The topological polar surface area (TPSA) is 54.9 Å². The number of aromatic nitrogens is 2. The predicted octanol–water partition coefficient (Wildman–Crippen LogP) is 4.11. The lowest BCUT2D eigenvalue weighted by atomic mass is 10.1. The van der Waals surface area contributed by atoms with E-state index in [1.54, 1.807) is 12.1 Å². The van der Waals surface area contributed by atoms with Gasteiger partial charge in [-0.15, -0.1) is 0 Å². The number of benzene rings is 1. The summed E-state index contributed by atoms with van der Waals surface area (Å²) < 4.78 is 0.849. The van der Waals surface area contributed by atoms with Crippen LogP contribution in [0.5, 0.6) is 0 Å². The Morgan fingerprint density at radius 1 is 1.26 bits per heavy atom. The number of hydrogen-bond acceptors (Lipinski definition) is 3. The Hall–Kier alpha value is -1.17. The summed E-state index contributed by atoms with van der Waals surface area (Å²) in [5, 5.41) is 2.81. The van der Waals surface area contributed by atoms with Crippen LogP contribution in [0.2, 0.25) is 10.3 Å². The van der Waals surface area contributed by atoms with Crippen LogP contribution in [-0.2, 0) is 0 Å². The molecule has 0 spiro atoms.